The number of nitrogens with zero attached hydrogens (tertiary/aromatic N) is 1. The molecular formula is C12H13NO2. The zero-order chi connectivity index (χ0) is 11.0. The largest absolute Gasteiger partial charge is 0.616 e. The van der Waals surface area contributed by atoms with Crippen LogP contribution < -0.4 is 4.73 Å². The molecule has 1 aromatic carbocycles. The van der Waals surface area contributed by atoms with E-state index in [-0.39, 0.29) is 0 Å². The molecule has 0 saturated carbocycles. The van der Waals surface area contributed by atoms with Crippen molar-refractivity contribution in [2.24, 2.45) is 0 Å². The third-order valence-electron chi connectivity index (χ3n) is 2.55. The third kappa shape index (κ3) is 1.61. The Morgan fingerprint density at radius 2 is 1.67 bits per heavy atom. The predicted octanol–water partition coefficient (Wildman–Crippen LogP) is 2.51. The summed E-state index contributed by atoms with van der Waals surface area (Å²) in [7, 11) is 0. The van der Waals surface area contributed by atoms with Crippen LogP contribution in [0, 0.1) is 26.0 Å². The number of rotatable bonds is 1. The highest BCUT2D eigenvalue weighted by Crippen LogP contribution is 2.19. The Balaban J connectivity index is 2.54. The SMILES string of the molecule is Cc1ccc(-c2oc(C)c(C)[n+]2[O-])cc1. The van der Waals surface area contributed by atoms with Crippen LogP contribution in [-0.4, -0.2) is 0 Å². The lowest BCUT2D eigenvalue weighted by atomic mass is 10.1. The van der Waals surface area contributed by atoms with Crippen LogP contribution >= 0.6 is 0 Å². The molecule has 0 unspecified atom stereocenters. The lowest BCUT2D eigenvalue weighted by Gasteiger charge is -1.97. The van der Waals surface area contributed by atoms with Gasteiger partial charge in [-0.15, -0.1) is 4.73 Å². The van der Waals surface area contributed by atoms with Crippen molar-refractivity contribution in [1.29, 1.82) is 0 Å². The van der Waals surface area contributed by atoms with Crippen LogP contribution in [0.15, 0.2) is 28.7 Å². The summed E-state index contributed by atoms with van der Waals surface area (Å²) in [5, 5.41) is 11.7. The van der Waals surface area contributed by atoms with Gasteiger partial charge in [0.05, 0.1) is 5.56 Å². The first kappa shape index (κ1) is 9.77. The summed E-state index contributed by atoms with van der Waals surface area (Å²) in [6.45, 7) is 5.55. The highest BCUT2D eigenvalue weighted by atomic mass is 16.5. The molecule has 3 nitrogen and oxygen atoms in total. The van der Waals surface area contributed by atoms with Crippen molar-refractivity contribution in [2.75, 3.05) is 0 Å². The first-order valence-corrected chi connectivity index (χ1v) is 4.86. The van der Waals surface area contributed by atoms with Gasteiger partial charge in [0.25, 0.3) is 0 Å². The van der Waals surface area contributed by atoms with Gasteiger partial charge >= 0.3 is 5.89 Å². The van der Waals surface area contributed by atoms with E-state index in [1.807, 2.05) is 31.2 Å². The number of hydrogen-bond donors (Lipinski definition) is 0. The Morgan fingerprint density at radius 1 is 1.07 bits per heavy atom. The number of hydrogen-bond acceptors (Lipinski definition) is 2. The smallest absolute Gasteiger partial charge is 0.392 e. The molecule has 0 aliphatic rings. The van der Waals surface area contributed by atoms with Gasteiger partial charge in [-0.25, -0.2) is 0 Å². The molecule has 0 aliphatic carbocycles. The molecule has 1 heterocycles. The first-order valence-electron chi connectivity index (χ1n) is 4.86. The van der Waals surface area contributed by atoms with Crippen LogP contribution in [-0.2, 0) is 0 Å². The van der Waals surface area contributed by atoms with Gasteiger partial charge in [0, 0.05) is 13.8 Å². The Morgan fingerprint density at radius 3 is 2.13 bits per heavy atom. The van der Waals surface area contributed by atoms with E-state index in [1.54, 1.807) is 13.8 Å². The van der Waals surface area contributed by atoms with E-state index in [0.29, 0.717) is 17.3 Å². The second-order valence-corrected chi connectivity index (χ2v) is 3.71. The van der Waals surface area contributed by atoms with Crippen molar-refractivity contribution in [2.45, 2.75) is 20.8 Å². The van der Waals surface area contributed by atoms with Crippen LogP contribution in [0.1, 0.15) is 17.0 Å². The second kappa shape index (κ2) is 3.42. The third-order valence-corrected chi connectivity index (χ3v) is 2.55. The fourth-order valence-corrected chi connectivity index (χ4v) is 1.43. The lowest BCUT2D eigenvalue weighted by Crippen LogP contribution is -2.29. The maximum atomic E-state index is 11.7. The number of aryl methyl sites for hydroxylation is 2. The van der Waals surface area contributed by atoms with Gasteiger partial charge in [0.2, 0.25) is 5.69 Å². The maximum absolute atomic E-state index is 11.7. The molecular weight excluding hydrogens is 190 g/mol. The topological polar surface area (TPSA) is 40.1 Å². The second-order valence-electron chi connectivity index (χ2n) is 3.71. The van der Waals surface area contributed by atoms with Gasteiger partial charge in [0.1, 0.15) is 0 Å². The van der Waals surface area contributed by atoms with Crippen molar-refractivity contribution in [3.63, 3.8) is 0 Å². The molecule has 0 atom stereocenters. The molecule has 78 valence electrons. The summed E-state index contributed by atoms with van der Waals surface area (Å²) in [6.07, 6.45) is 0. The molecule has 0 fully saturated rings. The monoisotopic (exact) mass is 203 g/mol. The van der Waals surface area contributed by atoms with Gasteiger partial charge in [-0.2, -0.15) is 0 Å². The summed E-state index contributed by atoms with van der Waals surface area (Å²) < 4.78 is 6.25. The number of benzene rings is 1. The average molecular weight is 203 g/mol. The van der Waals surface area contributed by atoms with Crippen LogP contribution in [0.2, 0.25) is 0 Å². The van der Waals surface area contributed by atoms with Gasteiger partial charge in [-0.05, 0) is 19.1 Å². The summed E-state index contributed by atoms with van der Waals surface area (Å²) in [5.41, 5.74) is 2.59. The minimum absolute atomic E-state index is 0.366. The van der Waals surface area contributed by atoms with Gasteiger partial charge in [-0.3, -0.25) is 0 Å². The van der Waals surface area contributed by atoms with E-state index >= 15 is 0 Å². The van der Waals surface area contributed by atoms with E-state index in [1.165, 1.54) is 0 Å². The molecule has 0 radical (unpaired) electrons. The fraction of sp³-hybridized carbons (Fsp3) is 0.250. The maximum Gasteiger partial charge on any atom is 0.392 e. The Labute approximate surface area is 88.6 Å². The average Bonchev–Trinajstić information content (AvgIpc) is 2.47. The summed E-state index contributed by atoms with van der Waals surface area (Å²) >= 11 is 0. The minimum Gasteiger partial charge on any atom is -0.616 e. The van der Waals surface area contributed by atoms with Crippen LogP contribution in [0.5, 0.6) is 0 Å². The van der Waals surface area contributed by atoms with Gasteiger partial charge in [-0.1, -0.05) is 17.7 Å². The molecule has 0 aliphatic heterocycles. The normalized spacial score (nSPS) is 10.6. The molecule has 0 amide bonds. The molecule has 2 rings (SSSR count). The Hall–Kier alpha value is -1.77. The van der Waals surface area contributed by atoms with Crippen molar-refractivity contribution >= 4 is 0 Å². The number of aromatic nitrogens is 1. The van der Waals surface area contributed by atoms with Gasteiger partial charge in [0.15, 0.2) is 5.76 Å². The highest BCUT2D eigenvalue weighted by molar-refractivity contribution is 5.51. The molecule has 0 saturated heterocycles. The van der Waals surface area contributed by atoms with Crippen molar-refractivity contribution in [3.05, 3.63) is 46.5 Å². The zero-order valence-electron chi connectivity index (χ0n) is 9.07. The van der Waals surface area contributed by atoms with Crippen LogP contribution in [0.4, 0.5) is 0 Å². The fourth-order valence-electron chi connectivity index (χ4n) is 1.43. The molecule has 0 spiro atoms. The van der Waals surface area contributed by atoms with Crippen LogP contribution in [0.3, 0.4) is 0 Å². The van der Waals surface area contributed by atoms with E-state index in [4.69, 9.17) is 4.42 Å². The van der Waals surface area contributed by atoms with Crippen LogP contribution in [0.25, 0.3) is 11.5 Å². The Bertz CT molecular complexity index is 483. The molecule has 1 aromatic heterocycles. The molecule has 3 heteroatoms. The molecule has 2 aromatic rings. The first-order chi connectivity index (χ1) is 7.09. The Kier molecular flexibility index (Phi) is 2.23. The molecule has 0 bridgehead atoms. The summed E-state index contributed by atoms with van der Waals surface area (Å²) in [6, 6.07) is 7.70. The van der Waals surface area contributed by atoms with E-state index < -0.39 is 0 Å². The van der Waals surface area contributed by atoms with E-state index in [0.717, 1.165) is 15.9 Å². The summed E-state index contributed by atoms with van der Waals surface area (Å²) in [4.78, 5) is 0. The molecule has 15 heavy (non-hydrogen) atoms. The van der Waals surface area contributed by atoms with E-state index in [9.17, 15) is 5.21 Å². The van der Waals surface area contributed by atoms with Gasteiger partial charge < -0.3 is 9.62 Å². The van der Waals surface area contributed by atoms with Crippen molar-refractivity contribution in [1.82, 2.24) is 0 Å². The predicted molar refractivity (Wildman–Crippen MR) is 57.3 cm³/mol. The van der Waals surface area contributed by atoms with E-state index in [2.05, 4.69) is 0 Å². The van der Waals surface area contributed by atoms with Crippen molar-refractivity contribution < 1.29 is 9.15 Å². The summed E-state index contributed by atoms with van der Waals surface area (Å²) in [5.74, 6) is 1.03. The highest BCUT2D eigenvalue weighted by Gasteiger charge is 2.19. The standard InChI is InChI=1S/C12H13NO2/c1-8-4-6-11(7-5-8)12-13(14)9(2)10(3)15-12/h4-7H,1-3H3. The minimum atomic E-state index is 0.366. The van der Waals surface area contributed by atoms with Crippen molar-refractivity contribution in [3.8, 4) is 11.5 Å². The quantitative estimate of drug-likeness (QED) is 0.527. The zero-order valence-corrected chi connectivity index (χ0v) is 9.07. The number of oxazole rings is 1. The molecule has 0 N–H and O–H groups in total. The lowest BCUT2D eigenvalue weighted by molar-refractivity contribution is -0.602.